The van der Waals surface area contributed by atoms with Crippen molar-refractivity contribution < 1.29 is 22.0 Å². The fourth-order valence-corrected chi connectivity index (χ4v) is 8.46. The summed E-state index contributed by atoms with van der Waals surface area (Å²) in [6, 6.07) is 23.2. The Bertz CT molecular complexity index is 1190. The highest BCUT2D eigenvalue weighted by molar-refractivity contribution is 8.55. The quantitative estimate of drug-likeness (QED) is 0.289. The van der Waals surface area contributed by atoms with Gasteiger partial charge >= 0.3 is 6.80 Å². The van der Waals surface area contributed by atoms with E-state index in [0.717, 1.165) is 22.5 Å². The number of hydrogen-bond donors (Lipinski definition) is 1. The summed E-state index contributed by atoms with van der Waals surface area (Å²) in [6.07, 6.45) is 0. The van der Waals surface area contributed by atoms with Crippen LogP contribution in [0.5, 0.6) is 0 Å². The van der Waals surface area contributed by atoms with Crippen molar-refractivity contribution in [3.05, 3.63) is 95.6 Å². The van der Waals surface area contributed by atoms with Gasteiger partial charge in [0.2, 0.25) is 0 Å². The normalized spacial score (nSPS) is 12.9. The van der Waals surface area contributed by atoms with Gasteiger partial charge in [-0.1, -0.05) is 66.2 Å². The maximum atomic E-state index is 13.4. The number of sulfonamides is 1. The summed E-state index contributed by atoms with van der Waals surface area (Å²) in [5.74, 6) is 0. The van der Waals surface area contributed by atoms with Crippen molar-refractivity contribution in [1.29, 1.82) is 0 Å². The van der Waals surface area contributed by atoms with Crippen LogP contribution in [0.3, 0.4) is 0 Å². The predicted molar refractivity (Wildman–Crippen MR) is 135 cm³/mol. The van der Waals surface area contributed by atoms with Crippen LogP contribution >= 0.6 is 18.2 Å². The van der Waals surface area contributed by atoms with Crippen LogP contribution in [0.2, 0.25) is 0 Å². The van der Waals surface area contributed by atoms with Crippen molar-refractivity contribution in [1.82, 2.24) is 0 Å². The number of anilines is 1. The highest BCUT2D eigenvalue weighted by Gasteiger charge is 2.33. The van der Waals surface area contributed by atoms with Crippen LogP contribution in [0.4, 0.5) is 5.69 Å². The Labute approximate surface area is 200 Å². The fourth-order valence-electron chi connectivity index (χ4n) is 3.21. The molecule has 1 atom stereocenters. The molecule has 6 nitrogen and oxygen atoms in total. The van der Waals surface area contributed by atoms with Gasteiger partial charge in [0.05, 0.1) is 29.0 Å². The Kier molecular flexibility index (Phi) is 8.79. The van der Waals surface area contributed by atoms with Crippen LogP contribution in [-0.4, -0.2) is 21.6 Å². The Morgan fingerprint density at radius 2 is 1.45 bits per heavy atom. The Hall–Kier alpha value is -2.09. The average Bonchev–Trinajstić information content (AvgIpc) is 2.79. The van der Waals surface area contributed by atoms with E-state index in [-0.39, 0.29) is 18.1 Å². The summed E-state index contributed by atoms with van der Waals surface area (Å²) in [5.41, 5.74) is 2.88. The molecule has 0 aliphatic rings. The van der Waals surface area contributed by atoms with Crippen LogP contribution in [0.1, 0.15) is 35.8 Å². The minimum atomic E-state index is -3.82. The Balaban J connectivity index is 2.05. The van der Waals surface area contributed by atoms with Gasteiger partial charge in [-0.25, -0.2) is 13.0 Å². The third-order valence-electron chi connectivity index (χ3n) is 4.73. The van der Waals surface area contributed by atoms with Crippen molar-refractivity contribution in [2.75, 3.05) is 17.9 Å². The molecule has 0 radical (unpaired) electrons. The van der Waals surface area contributed by atoms with E-state index in [1.54, 1.807) is 50.2 Å². The average molecular weight is 506 g/mol. The summed E-state index contributed by atoms with van der Waals surface area (Å²) in [4.78, 5) is 0.168. The highest BCUT2D eigenvalue weighted by Crippen LogP contribution is 2.67. The molecule has 0 bridgehead atoms. The van der Waals surface area contributed by atoms with Crippen molar-refractivity contribution in [3.8, 4) is 0 Å². The number of benzene rings is 3. The van der Waals surface area contributed by atoms with Crippen molar-refractivity contribution in [2.24, 2.45) is 0 Å². The molecule has 0 aliphatic heterocycles. The molecule has 0 saturated carbocycles. The summed E-state index contributed by atoms with van der Waals surface area (Å²) in [6.45, 7) is 2.37. The monoisotopic (exact) mass is 505 g/mol. The van der Waals surface area contributed by atoms with Gasteiger partial charge in [-0.15, -0.1) is 0 Å². The van der Waals surface area contributed by atoms with Gasteiger partial charge in [0.25, 0.3) is 10.0 Å². The van der Waals surface area contributed by atoms with Crippen LogP contribution in [0.15, 0.2) is 83.8 Å². The van der Waals surface area contributed by atoms with Crippen LogP contribution in [0.25, 0.3) is 0 Å². The lowest BCUT2D eigenvalue weighted by molar-refractivity contribution is 0.236. The van der Waals surface area contributed by atoms with Gasteiger partial charge in [0, 0.05) is 0 Å². The van der Waals surface area contributed by atoms with E-state index in [1.165, 1.54) is 0 Å². The first-order valence-corrected chi connectivity index (χ1v) is 15.1. The molecule has 3 aromatic rings. The molecule has 9 heteroatoms. The molecule has 0 amide bonds. The fraction of sp³-hybridized carbons (Fsp3) is 0.250. The molecular formula is C24H28NO5PS2. The van der Waals surface area contributed by atoms with E-state index >= 15 is 0 Å². The number of hydrogen-bond acceptors (Lipinski definition) is 6. The third kappa shape index (κ3) is 6.71. The molecule has 3 aromatic carbocycles. The molecule has 176 valence electrons. The van der Waals surface area contributed by atoms with Gasteiger partial charge in [-0.2, -0.15) is 0 Å². The Morgan fingerprint density at radius 3 is 2.06 bits per heavy atom. The van der Waals surface area contributed by atoms with E-state index in [2.05, 4.69) is 4.72 Å². The van der Waals surface area contributed by atoms with Gasteiger partial charge in [-0.3, -0.25) is 4.72 Å². The summed E-state index contributed by atoms with van der Waals surface area (Å²) >= 11 is 1.06. The van der Waals surface area contributed by atoms with E-state index in [4.69, 9.17) is 9.05 Å². The van der Waals surface area contributed by atoms with E-state index < -0.39 is 22.1 Å². The maximum Gasteiger partial charge on any atom is 0.390 e. The minimum Gasteiger partial charge on any atom is -0.301 e. The van der Waals surface area contributed by atoms with E-state index in [9.17, 15) is 13.0 Å². The van der Waals surface area contributed by atoms with E-state index in [0.29, 0.717) is 11.3 Å². The molecule has 1 N–H and O–H groups in total. The molecule has 3 rings (SSSR count). The molecule has 0 spiro atoms. The molecule has 33 heavy (non-hydrogen) atoms. The molecular weight excluding hydrogens is 477 g/mol. The second-order valence-electron chi connectivity index (χ2n) is 7.18. The van der Waals surface area contributed by atoms with Crippen molar-refractivity contribution >= 4 is 33.9 Å². The van der Waals surface area contributed by atoms with Gasteiger partial charge in [0.15, 0.2) is 0 Å². The standard InChI is InChI=1S/C24H28NO5PS2/c1-4-29-31(26,30-5-2)32-24(20-11-7-6-8-12-20)22-13-9-10-14-23(22)25-33(27,28)21-17-15-19(3)16-18-21/h6-18,24-25H,4-5H2,1-3H3. The second kappa shape index (κ2) is 11.4. The molecule has 0 fully saturated rings. The van der Waals surface area contributed by atoms with Gasteiger partial charge in [0.1, 0.15) is 0 Å². The van der Waals surface area contributed by atoms with Crippen LogP contribution in [0, 0.1) is 6.92 Å². The smallest absolute Gasteiger partial charge is 0.301 e. The lowest BCUT2D eigenvalue weighted by Crippen LogP contribution is -2.15. The lowest BCUT2D eigenvalue weighted by atomic mass is 10.0. The molecule has 0 heterocycles. The van der Waals surface area contributed by atoms with Gasteiger partial charge in [-0.05, 0) is 61.5 Å². The number of para-hydroxylation sites is 1. The van der Waals surface area contributed by atoms with Crippen molar-refractivity contribution in [2.45, 2.75) is 30.9 Å². The molecule has 0 aliphatic carbocycles. The maximum absolute atomic E-state index is 13.4. The minimum absolute atomic E-state index is 0.168. The SMILES string of the molecule is CCOP(=O)(OCC)SC(c1ccccc1)c1ccccc1NS(=O)(=O)c1ccc(C)cc1. The zero-order valence-electron chi connectivity index (χ0n) is 18.8. The Morgan fingerprint density at radius 1 is 0.879 bits per heavy atom. The predicted octanol–water partition coefficient (Wildman–Crippen LogP) is 6.80. The summed E-state index contributed by atoms with van der Waals surface area (Å²) in [5, 5.41) is -0.493. The molecule has 0 saturated heterocycles. The third-order valence-corrected chi connectivity index (χ3v) is 10.3. The zero-order chi connectivity index (χ0) is 23.9. The van der Waals surface area contributed by atoms with Crippen molar-refractivity contribution in [3.63, 3.8) is 0 Å². The van der Waals surface area contributed by atoms with Crippen LogP contribution < -0.4 is 4.72 Å². The summed E-state index contributed by atoms with van der Waals surface area (Å²) < 4.78 is 53.3. The number of aryl methyl sites for hydroxylation is 1. The topological polar surface area (TPSA) is 81.7 Å². The number of rotatable bonds is 11. The van der Waals surface area contributed by atoms with Gasteiger partial charge < -0.3 is 9.05 Å². The van der Waals surface area contributed by atoms with E-state index in [1.807, 2.05) is 49.4 Å². The zero-order valence-corrected chi connectivity index (χ0v) is 21.3. The highest BCUT2D eigenvalue weighted by atomic mass is 32.7. The first-order chi connectivity index (χ1) is 15.8. The van der Waals surface area contributed by atoms with Crippen LogP contribution in [-0.2, 0) is 23.6 Å². The first-order valence-electron chi connectivity index (χ1n) is 10.6. The molecule has 0 aromatic heterocycles. The first kappa shape index (κ1) is 25.5. The summed E-state index contributed by atoms with van der Waals surface area (Å²) in [7, 11) is -3.82. The molecule has 1 unspecified atom stereocenters. The number of nitrogens with one attached hydrogen (secondary N) is 1. The largest absolute Gasteiger partial charge is 0.390 e. The lowest BCUT2D eigenvalue weighted by Gasteiger charge is -2.25. The second-order valence-corrected chi connectivity index (χ2v) is 12.9.